The van der Waals surface area contributed by atoms with Gasteiger partial charge in [-0.05, 0) is 24.8 Å². The minimum Gasteiger partial charge on any atom is -0.369 e. The molecule has 1 aromatic carbocycles. The van der Waals surface area contributed by atoms with E-state index < -0.39 is 0 Å². The molecule has 0 N–H and O–H groups in total. The molecule has 3 unspecified atom stereocenters. The molecule has 0 heterocycles. The van der Waals surface area contributed by atoms with Gasteiger partial charge in [0.05, 0.1) is 12.2 Å². The van der Waals surface area contributed by atoms with Gasteiger partial charge in [0.25, 0.3) is 0 Å². The summed E-state index contributed by atoms with van der Waals surface area (Å²) in [5.74, 6) is 0.400. The highest BCUT2D eigenvalue weighted by Crippen LogP contribution is 2.32. The van der Waals surface area contributed by atoms with E-state index in [1.54, 1.807) is 6.07 Å². The summed E-state index contributed by atoms with van der Waals surface area (Å²) in [5, 5.41) is 0.636. The lowest BCUT2D eigenvalue weighted by Gasteiger charge is -2.32. The van der Waals surface area contributed by atoms with Crippen molar-refractivity contribution < 1.29 is 9.13 Å². The average Bonchev–Trinajstić information content (AvgIpc) is 2.39. The topological polar surface area (TPSA) is 9.23 Å². The van der Waals surface area contributed by atoms with Gasteiger partial charge in [-0.3, -0.25) is 0 Å². The minimum absolute atomic E-state index is 0.176. The lowest BCUT2D eigenvalue weighted by molar-refractivity contribution is -0.0480. The van der Waals surface area contributed by atoms with E-state index in [0.29, 0.717) is 16.8 Å². The van der Waals surface area contributed by atoms with Crippen LogP contribution in [0.4, 0.5) is 4.39 Å². The average molecular weight is 315 g/mol. The first-order valence-electron chi connectivity index (χ1n) is 6.68. The Morgan fingerprint density at radius 3 is 2.72 bits per heavy atom. The number of ether oxygens (including phenoxy) is 1. The summed E-state index contributed by atoms with van der Waals surface area (Å²) >= 11 is 3.44. The van der Waals surface area contributed by atoms with Gasteiger partial charge >= 0.3 is 0 Å². The van der Waals surface area contributed by atoms with E-state index >= 15 is 0 Å². The summed E-state index contributed by atoms with van der Waals surface area (Å²) in [5.41, 5.74) is 0.659. The van der Waals surface area contributed by atoms with Crippen LogP contribution in [0.5, 0.6) is 0 Å². The monoisotopic (exact) mass is 314 g/mol. The van der Waals surface area contributed by atoms with Crippen LogP contribution in [0, 0.1) is 11.7 Å². The maximum atomic E-state index is 13.8. The van der Waals surface area contributed by atoms with E-state index in [9.17, 15) is 4.39 Å². The third kappa shape index (κ3) is 3.33. The van der Waals surface area contributed by atoms with Gasteiger partial charge in [0.15, 0.2) is 0 Å². The highest BCUT2D eigenvalue weighted by Gasteiger charge is 2.26. The molecule has 18 heavy (non-hydrogen) atoms. The van der Waals surface area contributed by atoms with Crippen molar-refractivity contribution in [2.24, 2.45) is 5.92 Å². The van der Waals surface area contributed by atoms with E-state index in [-0.39, 0.29) is 18.0 Å². The number of alkyl halides is 1. The van der Waals surface area contributed by atoms with Crippen LogP contribution in [-0.4, -0.2) is 11.4 Å². The molecule has 0 bridgehead atoms. The van der Waals surface area contributed by atoms with Gasteiger partial charge in [0, 0.05) is 10.9 Å². The molecule has 1 aliphatic carbocycles. The van der Waals surface area contributed by atoms with Crippen molar-refractivity contribution in [2.75, 3.05) is 5.33 Å². The minimum atomic E-state index is -0.184. The van der Waals surface area contributed by atoms with Crippen LogP contribution in [0.25, 0.3) is 0 Å². The summed E-state index contributed by atoms with van der Waals surface area (Å²) in [4.78, 5) is 0. The number of hydrogen-bond acceptors (Lipinski definition) is 1. The molecule has 2 rings (SSSR count). The third-order valence-electron chi connectivity index (χ3n) is 3.76. The van der Waals surface area contributed by atoms with Crippen LogP contribution in [0.2, 0.25) is 0 Å². The van der Waals surface area contributed by atoms with Gasteiger partial charge in [-0.25, -0.2) is 4.39 Å². The van der Waals surface area contributed by atoms with Crippen molar-refractivity contribution in [1.29, 1.82) is 0 Å². The maximum Gasteiger partial charge on any atom is 0.129 e. The Labute approximate surface area is 117 Å². The van der Waals surface area contributed by atoms with Crippen molar-refractivity contribution in [3.05, 3.63) is 35.6 Å². The summed E-state index contributed by atoms with van der Waals surface area (Å²) in [6.07, 6.45) is 4.91. The van der Waals surface area contributed by atoms with Gasteiger partial charge in [-0.2, -0.15) is 0 Å². The molecule has 3 heteroatoms. The summed E-state index contributed by atoms with van der Waals surface area (Å²) < 4.78 is 19.9. The Bertz CT molecular complexity index is 383. The van der Waals surface area contributed by atoms with Gasteiger partial charge < -0.3 is 4.74 Å². The molecular formula is C15H20BrFO. The summed E-state index contributed by atoms with van der Waals surface area (Å²) in [6, 6.07) is 6.89. The van der Waals surface area contributed by atoms with Crippen LogP contribution in [0.1, 0.15) is 44.3 Å². The maximum absolute atomic E-state index is 13.8. The Balaban J connectivity index is 2.07. The Morgan fingerprint density at radius 2 is 2.06 bits per heavy atom. The van der Waals surface area contributed by atoms with Crippen molar-refractivity contribution in [1.82, 2.24) is 0 Å². The van der Waals surface area contributed by atoms with Crippen LogP contribution < -0.4 is 0 Å². The van der Waals surface area contributed by atoms with Gasteiger partial charge in [0.2, 0.25) is 0 Å². The quantitative estimate of drug-likeness (QED) is 0.721. The standard InChI is InChI=1S/C15H20BrFO/c1-11-6-2-5-9-14(11)18-15(10-16)12-7-3-4-8-13(12)17/h3-4,7-8,11,14-15H,2,5-6,9-10H2,1H3. The first-order valence-corrected chi connectivity index (χ1v) is 7.80. The second-order valence-electron chi connectivity index (χ2n) is 5.10. The molecular weight excluding hydrogens is 295 g/mol. The van der Waals surface area contributed by atoms with Crippen molar-refractivity contribution in [2.45, 2.75) is 44.8 Å². The van der Waals surface area contributed by atoms with Crippen LogP contribution >= 0.6 is 15.9 Å². The summed E-state index contributed by atoms with van der Waals surface area (Å²) in [6.45, 7) is 2.23. The first-order chi connectivity index (χ1) is 8.72. The number of benzene rings is 1. The highest BCUT2D eigenvalue weighted by molar-refractivity contribution is 9.09. The molecule has 1 saturated carbocycles. The van der Waals surface area contributed by atoms with Gasteiger partial charge in [0.1, 0.15) is 5.82 Å². The van der Waals surface area contributed by atoms with Crippen LogP contribution in [-0.2, 0) is 4.74 Å². The fraction of sp³-hybridized carbons (Fsp3) is 0.600. The molecule has 3 atom stereocenters. The fourth-order valence-electron chi connectivity index (χ4n) is 2.62. The zero-order valence-electron chi connectivity index (χ0n) is 10.7. The predicted octanol–water partition coefficient (Wildman–Crippen LogP) is 4.86. The van der Waals surface area contributed by atoms with E-state index in [1.807, 2.05) is 12.1 Å². The predicted molar refractivity (Wildman–Crippen MR) is 75.4 cm³/mol. The van der Waals surface area contributed by atoms with E-state index in [4.69, 9.17) is 4.74 Å². The van der Waals surface area contributed by atoms with Gasteiger partial charge in [-0.15, -0.1) is 0 Å². The molecule has 0 radical (unpaired) electrons. The zero-order chi connectivity index (χ0) is 13.0. The molecule has 1 nitrogen and oxygen atoms in total. The largest absolute Gasteiger partial charge is 0.369 e. The molecule has 0 aromatic heterocycles. The van der Waals surface area contributed by atoms with Crippen molar-refractivity contribution in [3.8, 4) is 0 Å². The SMILES string of the molecule is CC1CCCCC1OC(CBr)c1ccccc1F. The smallest absolute Gasteiger partial charge is 0.129 e. The Hall–Kier alpha value is -0.410. The number of hydrogen-bond donors (Lipinski definition) is 0. The number of halogens is 2. The number of rotatable bonds is 4. The van der Waals surface area contributed by atoms with E-state index in [0.717, 1.165) is 6.42 Å². The van der Waals surface area contributed by atoms with Crippen LogP contribution in [0.3, 0.4) is 0 Å². The third-order valence-corrected chi connectivity index (χ3v) is 4.35. The summed E-state index contributed by atoms with van der Waals surface area (Å²) in [7, 11) is 0. The second-order valence-corrected chi connectivity index (χ2v) is 5.75. The molecule has 1 aliphatic rings. The lowest BCUT2D eigenvalue weighted by Crippen LogP contribution is -2.28. The molecule has 100 valence electrons. The van der Waals surface area contributed by atoms with Crippen molar-refractivity contribution >= 4 is 15.9 Å². The molecule has 0 spiro atoms. The normalized spacial score (nSPS) is 25.9. The Morgan fingerprint density at radius 1 is 1.33 bits per heavy atom. The Kier molecular flexibility index (Phi) is 5.19. The molecule has 1 fully saturated rings. The molecule has 0 aliphatic heterocycles. The molecule has 0 amide bonds. The molecule has 0 saturated heterocycles. The lowest BCUT2D eigenvalue weighted by atomic mass is 9.88. The van der Waals surface area contributed by atoms with E-state index in [1.165, 1.54) is 25.3 Å². The van der Waals surface area contributed by atoms with Crippen molar-refractivity contribution in [3.63, 3.8) is 0 Å². The first kappa shape index (κ1) is 14.0. The fourth-order valence-corrected chi connectivity index (χ4v) is 3.13. The van der Waals surface area contributed by atoms with E-state index in [2.05, 4.69) is 22.9 Å². The second kappa shape index (κ2) is 6.67. The van der Waals surface area contributed by atoms with Crippen LogP contribution in [0.15, 0.2) is 24.3 Å². The zero-order valence-corrected chi connectivity index (χ0v) is 12.3. The molecule has 1 aromatic rings. The van der Waals surface area contributed by atoms with Gasteiger partial charge in [-0.1, -0.05) is 53.9 Å². The highest BCUT2D eigenvalue weighted by atomic mass is 79.9.